The number of halogens is 5. The summed E-state index contributed by atoms with van der Waals surface area (Å²) < 4.78 is 65.7. The third kappa shape index (κ3) is 3.42. The summed E-state index contributed by atoms with van der Waals surface area (Å²) in [5.74, 6) is -2.00. The lowest BCUT2D eigenvalue weighted by molar-refractivity contribution is -0.188. The topological polar surface area (TPSA) is 15.3 Å². The van der Waals surface area contributed by atoms with Gasteiger partial charge in [0, 0.05) is 32.2 Å². The molecule has 1 fully saturated rings. The highest BCUT2D eigenvalue weighted by molar-refractivity contribution is 5.23. The molecule has 1 atom stereocenters. The number of hydrogen-bond acceptors (Lipinski definition) is 2. The van der Waals surface area contributed by atoms with E-state index in [1.165, 1.54) is 4.90 Å². The van der Waals surface area contributed by atoms with E-state index in [1.807, 2.05) is 0 Å². The Balaban J connectivity index is 2.36. The van der Waals surface area contributed by atoms with E-state index in [1.54, 1.807) is 0 Å². The molecule has 1 aliphatic rings. The van der Waals surface area contributed by atoms with Crippen molar-refractivity contribution in [3.05, 3.63) is 35.4 Å². The second-order valence-corrected chi connectivity index (χ2v) is 4.43. The van der Waals surface area contributed by atoms with E-state index in [0.717, 1.165) is 12.1 Å². The van der Waals surface area contributed by atoms with Crippen molar-refractivity contribution in [1.29, 1.82) is 0 Å². The Morgan fingerprint density at radius 1 is 1.00 bits per heavy atom. The molecule has 0 radical (unpaired) electrons. The number of nitrogens with one attached hydrogen (secondary N) is 1. The van der Waals surface area contributed by atoms with Gasteiger partial charge < -0.3 is 5.32 Å². The molecule has 1 heterocycles. The van der Waals surface area contributed by atoms with Gasteiger partial charge in [0.25, 0.3) is 0 Å². The van der Waals surface area contributed by atoms with Crippen molar-refractivity contribution in [2.75, 3.05) is 26.2 Å². The highest BCUT2D eigenvalue weighted by atomic mass is 19.4. The van der Waals surface area contributed by atoms with Gasteiger partial charge in [-0.2, -0.15) is 13.2 Å². The summed E-state index contributed by atoms with van der Waals surface area (Å²) in [4.78, 5) is 1.19. The van der Waals surface area contributed by atoms with Gasteiger partial charge >= 0.3 is 6.18 Å². The van der Waals surface area contributed by atoms with Crippen LogP contribution in [0, 0.1) is 11.6 Å². The normalized spacial score (nSPS) is 19.4. The van der Waals surface area contributed by atoms with Crippen molar-refractivity contribution < 1.29 is 22.0 Å². The summed E-state index contributed by atoms with van der Waals surface area (Å²) in [6.45, 7) is 1.21. The first kappa shape index (κ1) is 14.2. The van der Waals surface area contributed by atoms with Crippen LogP contribution in [0.3, 0.4) is 0 Å². The molecule has 1 N–H and O–H groups in total. The first-order valence-corrected chi connectivity index (χ1v) is 5.85. The molecule has 7 heteroatoms. The SMILES string of the molecule is Fc1cc(F)cc([C@@H](N2CCNCC2)C(F)(F)F)c1. The Morgan fingerprint density at radius 2 is 1.53 bits per heavy atom. The summed E-state index contributed by atoms with van der Waals surface area (Å²) in [6.07, 6.45) is -4.57. The predicted octanol–water partition coefficient (Wildman–Crippen LogP) is 2.47. The van der Waals surface area contributed by atoms with E-state index in [-0.39, 0.29) is 13.1 Å². The predicted molar refractivity (Wildman–Crippen MR) is 59.6 cm³/mol. The number of piperazine rings is 1. The molecule has 0 saturated carbocycles. The van der Waals surface area contributed by atoms with Crippen LogP contribution < -0.4 is 5.32 Å². The van der Waals surface area contributed by atoms with Crippen molar-refractivity contribution in [2.24, 2.45) is 0 Å². The molecule has 0 aliphatic carbocycles. The molecule has 0 unspecified atom stereocenters. The standard InChI is InChI=1S/C12H13F5N2/c13-9-5-8(6-10(14)7-9)11(12(15,16)17)19-3-1-18-2-4-19/h5-7,11,18H,1-4H2/t11-/m1/s1. The van der Waals surface area contributed by atoms with Crippen LogP contribution in [-0.4, -0.2) is 37.3 Å². The molecule has 19 heavy (non-hydrogen) atoms. The Labute approximate surface area is 107 Å². The maximum absolute atomic E-state index is 13.1. The summed E-state index contributed by atoms with van der Waals surface area (Å²) in [7, 11) is 0. The minimum atomic E-state index is -4.57. The minimum Gasteiger partial charge on any atom is -0.314 e. The zero-order chi connectivity index (χ0) is 14.0. The van der Waals surface area contributed by atoms with Crippen LogP contribution >= 0.6 is 0 Å². The van der Waals surface area contributed by atoms with Gasteiger partial charge in [0.15, 0.2) is 0 Å². The lowest BCUT2D eigenvalue weighted by Gasteiger charge is -2.36. The largest absolute Gasteiger partial charge is 0.408 e. The zero-order valence-electron chi connectivity index (χ0n) is 9.97. The third-order valence-electron chi connectivity index (χ3n) is 3.03. The van der Waals surface area contributed by atoms with E-state index in [9.17, 15) is 22.0 Å². The van der Waals surface area contributed by atoms with Gasteiger partial charge in [0.05, 0.1) is 0 Å². The summed E-state index contributed by atoms with van der Waals surface area (Å²) in [5, 5.41) is 2.94. The van der Waals surface area contributed by atoms with Gasteiger partial charge in [-0.05, 0) is 17.7 Å². The highest BCUT2D eigenvalue weighted by Crippen LogP contribution is 2.38. The lowest BCUT2D eigenvalue weighted by Crippen LogP contribution is -2.49. The fourth-order valence-electron chi connectivity index (χ4n) is 2.28. The number of nitrogens with zero attached hydrogens (tertiary/aromatic N) is 1. The van der Waals surface area contributed by atoms with Crippen molar-refractivity contribution in [3.8, 4) is 0 Å². The van der Waals surface area contributed by atoms with Crippen LogP contribution in [0.15, 0.2) is 18.2 Å². The molecule has 0 spiro atoms. The third-order valence-corrected chi connectivity index (χ3v) is 3.03. The Hall–Kier alpha value is -1.21. The number of alkyl halides is 3. The molecule has 2 nitrogen and oxygen atoms in total. The van der Waals surface area contributed by atoms with Crippen molar-refractivity contribution >= 4 is 0 Å². The zero-order valence-corrected chi connectivity index (χ0v) is 9.97. The summed E-state index contributed by atoms with van der Waals surface area (Å²) in [6, 6.07) is 0.0705. The first-order chi connectivity index (χ1) is 8.88. The second-order valence-electron chi connectivity index (χ2n) is 4.43. The molecule has 1 aromatic carbocycles. The maximum atomic E-state index is 13.1. The van der Waals surface area contributed by atoms with Gasteiger partial charge in [-0.15, -0.1) is 0 Å². The summed E-state index contributed by atoms with van der Waals surface area (Å²) in [5.41, 5.74) is -0.396. The van der Waals surface area contributed by atoms with Crippen LogP contribution in [-0.2, 0) is 0 Å². The van der Waals surface area contributed by atoms with E-state index < -0.39 is 29.4 Å². The van der Waals surface area contributed by atoms with E-state index in [2.05, 4.69) is 5.32 Å². The van der Waals surface area contributed by atoms with Gasteiger partial charge in [-0.1, -0.05) is 0 Å². The number of benzene rings is 1. The van der Waals surface area contributed by atoms with Crippen molar-refractivity contribution in [3.63, 3.8) is 0 Å². The molecule has 2 rings (SSSR count). The number of hydrogen-bond donors (Lipinski definition) is 1. The van der Waals surface area contributed by atoms with Crippen LogP contribution in [0.4, 0.5) is 22.0 Å². The smallest absolute Gasteiger partial charge is 0.314 e. The molecule has 1 aromatic rings. The second kappa shape index (κ2) is 5.42. The molecular formula is C12H13F5N2. The molecular weight excluding hydrogens is 267 g/mol. The van der Waals surface area contributed by atoms with Gasteiger partial charge in [-0.3, -0.25) is 4.90 Å². The molecule has 0 aromatic heterocycles. The lowest BCUT2D eigenvalue weighted by atomic mass is 10.0. The van der Waals surface area contributed by atoms with Crippen LogP contribution in [0.1, 0.15) is 11.6 Å². The van der Waals surface area contributed by atoms with E-state index >= 15 is 0 Å². The average molecular weight is 280 g/mol. The van der Waals surface area contributed by atoms with Gasteiger partial charge in [-0.25, -0.2) is 8.78 Å². The van der Waals surface area contributed by atoms with Crippen molar-refractivity contribution in [2.45, 2.75) is 12.2 Å². The molecule has 106 valence electrons. The Morgan fingerprint density at radius 3 is 2.00 bits per heavy atom. The first-order valence-electron chi connectivity index (χ1n) is 5.85. The monoisotopic (exact) mass is 280 g/mol. The fourth-order valence-corrected chi connectivity index (χ4v) is 2.28. The minimum absolute atomic E-state index is 0.183. The average Bonchev–Trinajstić information content (AvgIpc) is 2.27. The van der Waals surface area contributed by atoms with Crippen LogP contribution in [0.25, 0.3) is 0 Å². The van der Waals surface area contributed by atoms with Crippen molar-refractivity contribution in [1.82, 2.24) is 10.2 Å². The molecule has 1 saturated heterocycles. The van der Waals surface area contributed by atoms with E-state index in [0.29, 0.717) is 19.2 Å². The molecule has 1 aliphatic heterocycles. The number of rotatable bonds is 2. The Bertz CT molecular complexity index is 420. The molecule has 0 bridgehead atoms. The molecule has 0 amide bonds. The van der Waals surface area contributed by atoms with E-state index in [4.69, 9.17) is 0 Å². The van der Waals surface area contributed by atoms with Crippen LogP contribution in [0.2, 0.25) is 0 Å². The van der Waals surface area contributed by atoms with Gasteiger partial charge in [0.1, 0.15) is 17.7 Å². The fraction of sp³-hybridized carbons (Fsp3) is 0.500. The Kier molecular flexibility index (Phi) is 4.05. The van der Waals surface area contributed by atoms with Crippen LogP contribution in [0.5, 0.6) is 0 Å². The highest BCUT2D eigenvalue weighted by Gasteiger charge is 2.45. The van der Waals surface area contributed by atoms with Gasteiger partial charge in [0.2, 0.25) is 0 Å². The summed E-state index contributed by atoms with van der Waals surface area (Å²) >= 11 is 0. The maximum Gasteiger partial charge on any atom is 0.408 e. The quantitative estimate of drug-likeness (QED) is 0.837.